The number of hydrogen-bond acceptors (Lipinski definition) is 4. The summed E-state index contributed by atoms with van der Waals surface area (Å²) in [5.74, 6) is -0.601. The van der Waals surface area contributed by atoms with Crippen molar-refractivity contribution in [2.24, 2.45) is 0 Å². The molecule has 28 heavy (non-hydrogen) atoms. The second kappa shape index (κ2) is 7.74. The standard InChI is InChI=1S/C21H17N3O3S/c25-20(23-12-10-15-5-3-4-11-22-15)14-8-9-19-17(13-14)24-21(26)16-6-1-2-7-18(16)28(19)27/h1-9,11,13H,10,12H2,(H,23,25)(H,24,26)/t28-/m1/s1. The number of rotatable bonds is 4. The minimum atomic E-state index is -1.50. The predicted molar refractivity (Wildman–Crippen MR) is 106 cm³/mol. The van der Waals surface area contributed by atoms with E-state index in [-0.39, 0.29) is 11.8 Å². The molecule has 1 aromatic heterocycles. The molecule has 1 aliphatic rings. The molecule has 0 bridgehead atoms. The van der Waals surface area contributed by atoms with Crippen LogP contribution in [0.25, 0.3) is 0 Å². The Morgan fingerprint density at radius 2 is 1.86 bits per heavy atom. The number of fused-ring (bicyclic) bond motifs is 2. The van der Waals surface area contributed by atoms with E-state index in [1.54, 1.807) is 48.7 Å². The molecule has 2 amide bonds. The number of aromatic nitrogens is 1. The van der Waals surface area contributed by atoms with Gasteiger partial charge in [-0.2, -0.15) is 0 Å². The monoisotopic (exact) mass is 391 g/mol. The zero-order valence-corrected chi connectivity index (χ0v) is 15.7. The fourth-order valence-electron chi connectivity index (χ4n) is 3.01. The lowest BCUT2D eigenvalue weighted by molar-refractivity contribution is 0.0952. The van der Waals surface area contributed by atoms with Crippen LogP contribution >= 0.6 is 0 Å². The number of pyridine rings is 1. The van der Waals surface area contributed by atoms with E-state index in [4.69, 9.17) is 0 Å². The van der Waals surface area contributed by atoms with Crippen LogP contribution in [-0.4, -0.2) is 27.6 Å². The molecule has 1 atom stereocenters. The lowest BCUT2D eigenvalue weighted by Crippen LogP contribution is -2.26. The molecule has 2 N–H and O–H groups in total. The molecular weight excluding hydrogens is 374 g/mol. The van der Waals surface area contributed by atoms with Crippen molar-refractivity contribution in [1.29, 1.82) is 0 Å². The van der Waals surface area contributed by atoms with Gasteiger partial charge in [0.2, 0.25) is 0 Å². The summed E-state index contributed by atoms with van der Waals surface area (Å²) >= 11 is 0. The van der Waals surface area contributed by atoms with E-state index in [9.17, 15) is 13.8 Å². The summed E-state index contributed by atoms with van der Waals surface area (Å²) in [7, 11) is -1.50. The first-order chi connectivity index (χ1) is 13.6. The summed E-state index contributed by atoms with van der Waals surface area (Å²) in [6.07, 6.45) is 2.33. The Bertz CT molecular complexity index is 1080. The highest BCUT2D eigenvalue weighted by atomic mass is 32.2. The van der Waals surface area contributed by atoms with Gasteiger partial charge < -0.3 is 10.6 Å². The fraction of sp³-hybridized carbons (Fsp3) is 0.0952. The first kappa shape index (κ1) is 18.1. The minimum Gasteiger partial charge on any atom is -0.352 e. The van der Waals surface area contributed by atoms with Crippen molar-refractivity contribution >= 4 is 28.3 Å². The molecular formula is C21H17N3O3S. The van der Waals surface area contributed by atoms with Gasteiger partial charge in [-0.1, -0.05) is 18.2 Å². The van der Waals surface area contributed by atoms with Crippen molar-refractivity contribution in [1.82, 2.24) is 10.3 Å². The molecule has 0 unspecified atom stereocenters. The Labute approximate surface area is 164 Å². The van der Waals surface area contributed by atoms with Gasteiger partial charge in [-0.25, -0.2) is 4.21 Å². The largest absolute Gasteiger partial charge is 0.352 e. The lowest BCUT2D eigenvalue weighted by atomic mass is 10.1. The Morgan fingerprint density at radius 1 is 1.04 bits per heavy atom. The number of nitrogens with one attached hydrogen (secondary N) is 2. The number of carbonyl (C=O) groups is 2. The van der Waals surface area contributed by atoms with Crippen LogP contribution < -0.4 is 10.6 Å². The Hall–Kier alpha value is -3.32. The third kappa shape index (κ3) is 3.57. The van der Waals surface area contributed by atoms with Crippen LogP contribution in [-0.2, 0) is 17.2 Å². The van der Waals surface area contributed by atoms with E-state index >= 15 is 0 Å². The third-order valence-corrected chi connectivity index (χ3v) is 5.92. The summed E-state index contributed by atoms with van der Waals surface area (Å²) in [4.78, 5) is 30.1. The van der Waals surface area contributed by atoms with Gasteiger partial charge in [0.15, 0.2) is 0 Å². The van der Waals surface area contributed by atoms with Crippen LogP contribution in [0, 0.1) is 0 Å². The first-order valence-electron chi connectivity index (χ1n) is 8.78. The lowest BCUT2D eigenvalue weighted by Gasteiger charge is -2.10. The summed E-state index contributed by atoms with van der Waals surface area (Å²) < 4.78 is 12.9. The van der Waals surface area contributed by atoms with Gasteiger partial charge in [0, 0.05) is 30.4 Å². The van der Waals surface area contributed by atoms with E-state index in [0.717, 1.165) is 5.69 Å². The molecule has 2 heterocycles. The minimum absolute atomic E-state index is 0.263. The van der Waals surface area contributed by atoms with Crippen molar-refractivity contribution in [2.45, 2.75) is 16.2 Å². The number of anilines is 1. The Balaban J connectivity index is 1.53. The molecule has 0 radical (unpaired) electrons. The molecule has 0 spiro atoms. The highest BCUT2D eigenvalue weighted by Gasteiger charge is 2.25. The molecule has 6 nitrogen and oxygen atoms in total. The molecule has 2 aromatic carbocycles. The molecule has 0 saturated heterocycles. The maximum absolute atomic E-state index is 12.9. The van der Waals surface area contributed by atoms with Crippen LogP contribution in [0.2, 0.25) is 0 Å². The molecule has 7 heteroatoms. The van der Waals surface area contributed by atoms with Crippen LogP contribution in [0.1, 0.15) is 26.4 Å². The highest BCUT2D eigenvalue weighted by Crippen LogP contribution is 2.31. The maximum atomic E-state index is 12.9. The van der Waals surface area contributed by atoms with Crippen molar-refractivity contribution in [2.75, 3.05) is 11.9 Å². The van der Waals surface area contributed by atoms with Gasteiger partial charge in [0.05, 0.1) is 31.8 Å². The van der Waals surface area contributed by atoms with Crippen LogP contribution in [0.3, 0.4) is 0 Å². The first-order valence-corrected chi connectivity index (χ1v) is 9.93. The summed E-state index contributed by atoms with van der Waals surface area (Å²) in [5, 5.41) is 5.61. The molecule has 4 rings (SSSR count). The second-order valence-electron chi connectivity index (χ2n) is 6.26. The molecule has 3 aromatic rings. The number of carbonyl (C=O) groups excluding carboxylic acids is 2. The topological polar surface area (TPSA) is 88.2 Å². The van der Waals surface area contributed by atoms with Gasteiger partial charge in [0.1, 0.15) is 0 Å². The molecule has 1 aliphatic heterocycles. The smallest absolute Gasteiger partial charge is 0.256 e. The molecule has 0 saturated carbocycles. The van der Waals surface area contributed by atoms with E-state index in [0.29, 0.717) is 39.6 Å². The van der Waals surface area contributed by atoms with Gasteiger partial charge >= 0.3 is 0 Å². The zero-order valence-electron chi connectivity index (χ0n) is 14.8. The quantitative estimate of drug-likeness (QED) is 0.716. The molecule has 0 fully saturated rings. The van der Waals surface area contributed by atoms with E-state index in [2.05, 4.69) is 15.6 Å². The van der Waals surface area contributed by atoms with Crippen molar-refractivity contribution in [3.63, 3.8) is 0 Å². The van der Waals surface area contributed by atoms with Crippen molar-refractivity contribution in [3.8, 4) is 0 Å². The number of benzene rings is 2. The van der Waals surface area contributed by atoms with E-state index in [1.807, 2.05) is 18.2 Å². The summed E-state index contributed by atoms with van der Waals surface area (Å²) in [6, 6.07) is 17.2. The third-order valence-electron chi connectivity index (χ3n) is 4.41. The Morgan fingerprint density at radius 3 is 2.68 bits per heavy atom. The maximum Gasteiger partial charge on any atom is 0.256 e. The van der Waals surface area contributed by atoms with Gasteiger partial charge in [-0.05, 0) is 42.5 Å². The fourth-order valence-corrected chi connectivity index (χ4v) is 4.31. The zero-order chi connectivity index (χ0) is 19.5. The number of amides is 2. The highest BCUT2D eigenvalue weighted by molar-refractivity contribution is 7.85. The summed E-state index contributed by atoms with van der Waals surface area (Å²) in [6.45, 7) is 0.441. The van der Waals surface area contributed by atoms with Crippen LogP contribution in [0.4, 0.5) is 5.69 Å². The summed E-state index contributed by atoms with van der Waals surface area (Å²) in [5.41, 5.74) is 2.04. The molecule has 0 aliphatic carbocycles. The average Bonchev–Trinajstić information content (AvgIpc) is 2.83. The average molecular weight is 391 g/mol. The van der Waals surface area contributed by atoms with Crippen molar-refractivity contribution in [3.05, 3.63) is 83.7 Å². The van der Waals surface area contributed by atoms with E-state index in [1.165, 1.54) is 0 Å². The van der Waals surface area contributed by atoms with Gasteiger partial charge in [-0.15, -0.1) is 0 Å². The van der Waals surface area contributed by atoms with Gasteiger partial charge in [0.25, 0.3) is 11.8 Å². The van der Waals surface area contributed by atoms with Crippen LogP contribution in [0.5, 0.6) is 0 Å². The number of hydrogen-bond donors (Lipinski definition) is 2. The SMILES string of the molecule is O=C(NCCc1ccccn1)c1ccc2c(c1)NC(=O)c1ccccc1[S@]2=O. The second-order valence-corrected chi connectivity index (χ2v) is 7.67. The van der Waals surface area contributed by atoms with E-state index < -0.39 is 10.8 Å². The normalized spacial score (nSPS) is 15.0. The van der Waals surface area contributed by atoms with Crippen molar-refractivity contribution < 1.29 is 13.8 Å². The number of nitrogens with zero attached hydrogens (tertiary/aromatic N) is 1. The Kier molecular flexibility index (Phi) is 4.99. The van der Waals surface area contributed by atoms with Gasteiger partial charge in [-0.3, -0.25) is 14.6 Å². The molecule has 140 valence electrons. The van der Waals surface area contributed by atoms with Crippen LogP contribution in [0.15, 0.2) is 76.7 Å². The predicted octanol–water partition coefficient (Wildman–Crippen LogP) is 2.79.